The molecule has 0 bridgehead atoms. The number of urea groups is 1. The van der Waals surface area contributed by atoms with Gasteiger partial charge >= 0.3 is 12.1 Å². The molecular weight excluding hydrogens is 1480 g/mol. The fraction of sp³-hybridized carbons (Fsp3) is 0.675. The zero-order valence-electron chi connectivity index (χ0n) is 71.9. The van der Waals surface area contributed by atoms with Gasteiger partial charge in [0, 0.05) is 75.5 Å². The van der Waals surface area contributed by atoms with E-state index in [9.17, 15) is 57.5 Å². The molecule has 0 aliphatic carbocycles. The average molecular weight is 1620 g/mol. The fourth-order valence-electron chi connectivity index (χ4n) is 13.5. The van der Waals surface area contributed by atoms with Crippen LogP contribution in [0.3, 0.4) is 0 Å². The van der Waals surface area contributed by atoms with Crippen molar-refractivity contribution in [3.8, 4) is 0 Å². The normalized spacial score (nSPS) is 16.0. The number of primary amides is 1. The Balaban J connectivity index is 0.000000590. The number of nitrogens with one attached hydrogen (secondary N) is 10. The van der Waals surface area contributed by atoms with Crippen LogP contribution >= 0.6 is 11.3 Å². The van der Waals surface area contributed by atoms with Crippen LogP contribution in [0.25, 0.3) is 0 Å². The van der Waals surface area contributed by atoms with E-state index in [1.165, 1.54) is 32.3 Å². The molecule has 30 nitrogen and oxygen atoms in total. The number of nitrogens with zero attached hydrogens (tertiary/aromatic N) is 4. The van der Waals surface area contributed by atoms with Gasteiger partial charge in [-0.3, -0.25) is 47.9 Å². The molecule has 12 amide bonds. The summed E-state index contributed by atoms with van der Waals surface area (Å²) >= 11 is 1.49. The summed E-state index contributed by atoms with van der Waals surface area (Å²) in [5.41, 5.74) is 5.58. The average Bonchev–Trinajstić information content (AvgIpc) is 1.80. The van der Waals surface area contributed by atoms with Gasteiger partial charge in [0.25, 0.3) is 0 Å². The lowest BCUT2D eigenvalue weighted by Crippen LogP contribution is -2.62. The summed E-state index contributed by atoms with van der Waals surface area (Å²) in [6.45, 7) is 32.4. The largest absolute Gasteiger partial charge is 0.450 e. The smallest absolute Gasteiger partial charge is 0.407 e. The van der Waals surface area contributed by atoms with Crippen LogP contribution in [0.2, 0.25) is 0 Å². The number of methoxy groups -OCH3 is 2. The summed E-state index contributed by atoms with van der Waals surface area (Å²) in [5, 5.41) is 31.2. The topological polar surface area (TPSA) is 401 Å². The number of benzene rings is 2. The van der Waals surface area contributed by atoms with Gasteiger partial charge in [-0.15, -0.1) is 11.3 Å². The van der Waals surface area contributed by atoms with E-state index in [4.69, 9.17) is 19.9 Å². The number of alkyl carbamates (subject to hydrolysis) is 1. The van der Waals surface area contributed by atoms with Crippen molar-refractivity contribution < 1.29 is 71.7 Å². The number of nitrogens with two attached hydrogens (primary N) is 1. The van der Waals surface area contributed by atoms with Crippen LogP contribution in [0.15, 0.2) is 66.2 Å². The molecule has 0 radical (unpaired) electrons. The maximum atomic E-state index is 14.3. The lowest BCUT2D eigenvalue weighted by Gasteiger charge is -2.41. The first-order valence-corrected chi connectivity index (χ1v) is 40.9. The Bertz CT molecular complexity index is 3530. The third kappa shape index (κ3) is 34.4. The highest BCUT2D eigenvalue weighted by Crippen LogP contribution is 2.32. The van der Waals surface area contributed by atoms with Crippen LogP contribution in [0.5, 0.6) is 0 Å². The minimum atomic E-state index is -1.36. The maximum Gasteiger partial charge on any atom is 0.407 e. The van der Waals surface area contributed by atoms with Crippen LogP contribution in [-0.4, -0.2) is 224 Å². The van der Waals surface area contributed by atoms with Gasteiger partial charge < -0.3 is 87.8 Å². The van der Waals surface area contributed by atoms with Crippen molar-refractivity contribution in [2.45, 2.75) is 266 Å². The molecule has 4 rings (SSSR count). The molecule has 1 aromatic heterocycles. The number of rotatable bonds is 45. The first-order chi connectivity index (χ1) is 53.4. The second-order valence-corrected chi connectivity index (χ2v) is 34.2. The number of unbranched alkanes of at least 4 members (excludes halogenated alkanes) is 1. The predicted octanol–water partition coefficient (Wildman–Crippen LogP) is 7.62. The minimum absolute atomic E-state index is 0.00493. The number of thiazole rings is 1. The number of amides is 12. The van der Waals surface area contributed by atoms with Gasteiger partial charge in [-0.05, 0) is 156 Å². The predicted molar refractivity (Wildman–Crippen MR) is 443 cm³/mol. The first kappa shape index (κ1) is 99.5. The molecule has 114 heavy (non-hydrogen) atoms. The highest BCUT2D eigenvalue weighted by Gasteiger charge is 2.45. The number of Topliss-reactive ketones (excluding diaryl/α,β-unsaturated/α-hetero) is 1. The molecule has 2 heterocycles. The minimum Gasteiger partial charge on any atom is -0.450 e. The summed E-state index contributed by atoms with van der Waals surface area (Å²) in [6, 6.07) is 10.8. The molecule has 1 aliphatic rings. The fourth-order valence-corrected chi connectivity index (χ4v) is 14.2. The van der Waals surface area contributed by atoms with Crippen molar-refractivity contribution in [3.05, 3.63) is 82.3 Å². The summed E-state index contributed by atoms with van der Waals surface area (Å²) in [7, 11) is 8.25. The third-order valence-corrected chi connectivity index (χ3v) is 20.8. The monoisotopic (exact) mass is 1620 g/mol. The van der Waals surface area contributed by atoms with Crippen molar-refractivity contribution in [2.75, 3.05) is 73.5 Å². The molecule has 1 fully saturated rings. The van der Waals surface area contributed by atoms with E-state index >= 15 is 0 Å². The molecule has 31 heteroatoms. The SMILES string of the molecule is CCOC(=O)NC(C)(C)C(=O)N[C@H](C(=O)N(C)[C@@H]([C@@H](C)CC)[C@@H](CC(=O)N1CCC[C@H]1[C@H](OC)[C@@H](C)C(=O)N[C@@H](Cc1ccccc1)c1nccs1)OC)C(C)C.Cc1ccc(NC(=O)[C@H](CCCNC(N)=O)NC(=O)[C@@H](NC(=O)[C@H](CCCCNC(=O)CC[C@@H](NC(C)(C)C)C(=O)C(C)(C)C)NC(=O)CN(C)C)C(C)C)cc1. The van der Waals surface area contributed by atoms with Crippen LogP contribution in [0.4, 0.5) is 15.3 Å². The van der Waals surface area contributed by atoms with Crippen molar-refractivity contribution in [3.63, 3.8) is 0 Å². The van der Waals surface area contributed by atoms with Crippen molar-refractivity contribution in [2.24, 2.45) is 34.8 Å². The number of aromatic nitrogens is 1. The van der Waals surface area contributed by atoms with Gasteiger partial charge in [0.1, 0.15) is 34.7 Å². The summed E-state index contributed by atoms with van der Waals surface area (Å²) < 4.78 is 17.0. The van der Waals surface area contributed by atoms with Crippen LogP contribution in [-0.2, 0) is 68.6 Å². The number of anilines is 1. The van der Waals surface area contributed by atoms with E-state index in [0.29, 0.717) is 63.7 Å². The molecule has 2 aromatic carbocycles. The van der Waals surface area contributed by atoms with E-state index < -0.39 is 107 Å². The molecule has 3 aromatic rings. The number of ketones is 1. The van der Waals surface area contributed by atoms with Crippen molar-refractivity contribution >= 4 is 88.1 Å². The van der Waals surface area contributed by atoms with E-state index in [2.05, 4.69) is 58.2 Å². The number of ether oxygens (including phenoxy) is 3. The van der Waals surface area contributed by atoms with Gasteiger partial charge in [-0.2, -0.15) is 0 Å². The number of aryl methyl sites for hydroxylation is 1. The second kappa shape index (κ2) is 48.7. The van der Waals surface area contributed by atoms with E-state index in [1.807, 2.05) is 131 Å². The highest BCUT2D eigenvalue weighted by molar-refractivity contribution is 7.09. The molecule has 0 unspecified atom stereocenters. The molecule has 12 atom stereocenters. The number of carbonyl (C=O) groups excluding carboxylic acids is 12. The maximum absolute atomic E-state index is 14.3. The highest BCUT2D eigenvalue weighted by atomic mass is 32.1. The summed E-state index contributed by atoms with van der Waals surface area (Å²) in [5.74, 6) is -4.71. The van der Waals surface area contributed by atoms with Crippen molar-refractivity contribution in [1.82, 2.24) is 67.5 Å². The number of likely N-dealkylation sites (N-methyl/N-ethyl adjacent to an activating group) is 2. The van der Waals surface area contributed by atoms with E-state index in [0.717, 1.165) is 22.6 Å². The van der Waals surface area contributed by atoms with Gasteiger partial charge in [-0.25, -0.2) is 14.6 Å². The summed E-state index contributed by atoms with van der Waals surface area (Å²) in [4.78, 5) is 168. The molecule has 1 aliphatic heterocycles. The Kier molecular flexibility index (Phi) is 42.5. The lowest BCUT2D eigenvalue weighted by molar-refractivity contribution is -0.148. The van der Waals surface area contributed by atoms with E-state index in [1.54, 1.807) is 82.1 Å². The molecular formula is C83H137N15O15S. The third-order valence-electron chi connectivity index (χ3n) is 19.9. The van der Waals surface area contributed by atoms with Gasteiger partial charge in [0.05, 0.1) is 61.9 Å². The van der Waals surface area contributed by atoms with Crippen LogP contribution in [0.1, 0.15) is 204 Å². The molecule has 0 spiro atoms. The molecule has 1 saturated heterocycles. The number of likely N-dealkylation sites (tertiary alicyclic amines) is 1. The number of hydrogen-bond donors (Lipinski definition) is 11. The Labute approximate surface area is 681 Å². The van der Waals surface area contributed by atoms with Gasteiger partial charge in [0.2, 0.25) is 53.2 Å². The number of hydrogen-bond acceptors (Lipinski definition) is 19. The zero-order valence-corrected chi connectivity index (χ0v) is 72.7. The first-order valence-electron chi connectivity index (χ1n) is 40.1. The van der Waals surface area contributed by atoms with Crippen LogP contribution in [0, 0.1) is 36.0 Å². The number of carbonyl (C=O) groups is 12. The van der Waals surface area contributed by atoms with Crippen LogP contribution < -0.4 is 58.9 Å². The zero-order chi connectivity index (χ0) is 86.0. The molecule has 12 N–H and O–H groups in total. The quantitative estimate of drug-likeness (QED) is 0.0242. The Morgan fingerprint density at radius 2 is 1.31 bits per heavy atom. The van der Waals surface area contributed by atoms with Gasteiger partial charge in [-0.1, -0.05) is 124 Å². The van der Waals surface area contributed by atoms with Crippen molar-refractivity contribution in [1.29, 1.82) is 0 Å². The molecule has 640 valence electrons. The summed E-state index contributed by atoms with van der Waals surface area (Å²) in [6.07, 6.45) is 4.69. The van der Waals surface area contributed by atoms with Gasteiger partial charge in [0.15, 0.2) is 5.78 Å². The Morgan fingerprint density at radius 3 is 1.86 bits per heavy atom. The standard InChI is InChI=1S/C42H66N6O8S.C41H71N9O7/c1-12-27(5)35(47(9)39(51)34(26(3)4)45-40(52)42(7,8)46-41(53)56-13-2)32(54-10)25-33(49)48-22-17-20-31(48)36(55-11)28(6)37(50)44-30(38-43-21-23-57-38)24-29-18-15-14-16-19-29;1-26(2)34(38(56)47-31(16-14-24-44-39(42)57)36(54)45-28-19-17-27(3)18-20-28)48-37(55)30(46-33(52)25-50(10)11)15-12-13-23-43-32(51)22-21-29(49-41(7,8)9)35(53)40(4,5)6/h14-16,18-19,21,23,26-28,30-32,34-36H,12-13,17,20,22,24-25H2,1-11H3,(H,44,50)(H,45,52)(H,46,53);17-20,26,29-31,34,49H,12-16,21-25H2,1-11H3,(H,43,51)(H,45,54)(H,46,52)(H,47,56)(H,48,55)(H3,42,44,57)/t27-,28+,30-,31-,32+,34-,35-,36+;29-,30+,31+,34+/m01/s1. The Hall–Kier alpha value is -8.65. The molecule has 0 saturated carbocycles. The second-order valence-electron chi connectivity index (χ2n) is 33.3. The Morgan fingerprint density at radius 1 is 0.684 bits per heavy atom. The van der Waals surface area contributed by atoms with E-state index in [-0.39, 0.29) is 110 Å². The lowest BCUT2D eigenvalue weighted by atomic mass is 9.84.